The Kier molecular flexibility index (Phi) is 9.33. The van der Waals surface area contributed by atoms with Gasteiger partial charge in [0.25, 0.3) is 0 Å². The maximum atomic E-state index is 13.3. The third-order valence-corrected chi connectivity index (χ3v) is 5.78. The van der Waals surface area contributed by atoms with E-state index in [1.54, 1.807) is 4.90 Å². The number of aryl methyl sites for hydroxylation is 1. The minimum atomic E-state index is -0.510. The van der Waals surface area contributed by atoms with Crippen molar-refractivity contribution in [2.45, 2.75) is 84.8 Å². The predicted octanol–water partition coefficient (Wildman–Crippen LogP) is 5.90. The lowest BCUT2D eigenvalue weighted by molar-refractivity contribution is -0.141. The summed E-state index contributed by atoms with van der Waals surface area (Å²) in [5.41, 5.74) is 3.45. The van der Waals surface area contributed by atoms with E-state index in [1.807, 2.05) is 45.0 Å². The molecule has 4 nitrogen and oxygen atoms in total. The molecule has 32 heavy (non-hydrogen) atoms. The quantitative estimate of drug-likeness (QED) is 0.510. The average molecular weight is 457 g/mol. The van der Waals surface area contributed by atoms with Crippen molar-refractivity contribution >= 4 is 23.4 Å². The highest BCUT2D eigenvalue weighted by atomic mass is 35.5. The minimum absolute atomic E-state index is 0.0189. The van der Waals surface area contributed by atoms with Crippen molar-refractivity contribution in [1.29, 1.82) is 0 Å². The highest BCUT2D eigenvalue weighted by Crippen LogP contribution is 2.23. The zero-order chi connectivity index (χ0) is 23.9. The van der Waals surface area contributed by atoms with E-state index >= 15 is 0 Å². The molecule has 174 valence electrons. The van der Waals surface area contributed by atoms with Crippen molar-refractivity contribution in [3.05, 3.63) is 70.2 Å². The normalized spacial score (nSPS) is 12.5. The van der Waals surface area contributed by atoms with Crippen LogP contribution in [0.1, 0.15) is 71.1 Å². The number of amides is 2. The molecule has 0 aliphatic heterocycles. The summed E-state index contributed by atoms with van der Waals surface area (Å²) in [5.74, 6) is -0.134. The van der Waals surface area contributed by atoms with Crippen LogP contribution in [0, 0.1) is 0 Å². The van der Waals surface area contributed by atoms with Gasteiger partial charge in [0.2, 0.25) is 11.8 Å². The van der Waals surface area contributed by atoms with E-state index in [9.17, 15) is 9.59 Å². The monoisotopic (exact) mass is 456 g/mol. The van der Waals surface area contributed by atoms with Gasteiger partial charge in [0.1, 0.15) is 6.04 Å². The van der Waals surface area contributed by atoms with Gasteiger partial charge in [-0.2, -0.15) is 0 Å². The molecule has 2 aromatic rings. The summed E-state index contributed by atoms with van der Waals surface area (Å²) in [6, 6.07) is 15.4. The van der Waals surface area contributed by atoms with Crippen LogP contribution in [0.3, 0.4) is 0 Å². The molecular weight excluding hydrogens is 420 g/mol. The van der Waals surface area contributed by atoms with Gasteiger partial charge in [0.05, 0.1) is 0 Å². The van der Waals surface area contributed by atoms with Gasteiger partial charge < -0.3 is 10.2 Å². The molecule has 2 amide bonds. The Balaban J connectivity index is 2.18. The second kappa shape index (κ2) is 11.5. The van der Waals surface area contributed by atoms with Gasteiger partial charge >= 0.3 is 0 Å². The SMILES string of the molecule is CC[C@@H](C(=O)NC(C)C)N(Cc1ccc(Cl)cc1)C(=O)CCc1ccc(C(C)(C)C)cc1. The first-order valence-corrected chi connectivity index (χ1v) is 11.8. The maximum absolute atomic E-state index is 13.3. The molecular formula is C27H37ClN2O2. The van der Waals surface area contributed by atoms with Crippen LogP contribution in [0.25, 0.3) is 0 Å². The van der Waals surface area contributed by atoms with Crippen LogP contribution in [-0.2, 0) is 28.0 Å². The number of nitrogens with one attached hydrogen (secondary N) is 1. The van der Waals surface area contributed by atoms with E-state index in [4.69, 9.17) is 11.6 Å². The molecule has 1 atom stereocenters. The first-order valence-electron chi connectivity index (χ1n) is 11.4. The second-order valence-corrected chi connectivity index (χ2v) is 10.1. The summed E-state index contributed by atoms with van der Waals surface area (Å²) in [6.07, 6.45) is 1.55. The molecule has 0 aliphatic carbocycles. The third kappa shape index (κ3) is 7.67. The lowest BCUT2D eigenvalue weighted by atomic mass is 9.86. The Morgan fingerprint density at radius 2 is 1.53 bits per heavy atom. The molecule has 0 heterocycles. The first-order chi connectivity index (χ1) is 15.0. The molecule has 2 aromatic carbocycles. The van der Waals surface area contributed by atoms with E-state index in [0.717, 1.165) is 11.1 Å². The Labute approximate surface area is 198 Å². The van der Waals surface area contributed by atoms with E-state index in [-0.39, 0.29) is 23.3 Å². The Morgan fingerprint density at radius 1 is 0.969 bits per heavy atom. The number of nitrogens with zero attached hydrogens (tertiary/aromatic N) is 1. The average Bonchev–Trinajstić information content (AvgIpc) is 2.72. The van der Waals surface area contributed by atoms with Crippen molar-refractivity contribution in [2.24, 2.45) is 0 Å². The molecule has 0 unspecified atom stereocenters. The number of hydrogen-bond acceptors (Lipinski definition) is 2. The van der Waals surface area contributed by atoms with Crippen LogP contribution < -0.4 is 5.32 Å². The fourth-order valence-corrected chi connectivity index (χ4v) is 3.78. The van der Waals surface area contributed by atoms with Gasteiger partial charge in [-0.05, 0) is 60.9 Å². The number of carbonyl (C=O) groups is 2. The molecule has 0 fully saturated rings. The molecule has 1 N–H and O–H groups in total. The van der Waals surface area contributed by atoms with Crippen molar-refractivity contribution in [3.8, 4) is 0 Å². The van der Waals surface area contributed by atoms with Crippen LogP contribution in [0.2, 0.25) is 5.02 Å². The molecule has 0 saturated heterocycles. The highest BCUT2D eigenvalue weighted by molar-refractivity contribution is 6.30. The summed E-state index contributed by atoms with van der Waals surface area (Å²) < 4.78 is 0. The highest BCUT2D eigenvalue weighted by Gasteiger charge is 2.28. The molecule has 2 rings (SSSR count). The number of benzene rings is 2. The lowest BCUT2D eigenvalue weighted by Crippen LogP contribution is -2.50. The van der Waals surface area contributed by atoms with E-state index in [1.165, 1.54) is 5.56 Å². The van der Waals surface area contributed by atoms with Gasteiger partial charge in [0, 0.05) is 24.0 Å². The first kappa shape index (κ1) is 25.9. The van der Waals surface area contributed by atoms with Gasteiger partial charge in [-0.15, -0.1) is 0 Å². The zero-order valence-corrected chi connectivity index (χ0v) is 21.0. The van der Waals surface area contributed by atoms with E-state index in [2.05, 4.69) is 50.4 Å². The van der Waals surface area contributed by atoms with Crippen LogP contribution in [-0.4, -0.2) is 28.8 Å². The summed E-state index contributed by atoms with van der Waals surface area (Å²) >= 11 is 6.02. The fraction of sp³-hybridized carbons (Fsp3) is 0.481. The van der Waals surface area contributed by atoms with Crippen molar-refractivity contribution in [3.63, 3.8) is 0 Å². The van der Waals surface area contributed by atoms with E-state index < -0.39 is 6.04 Å². The number of rotatable bonds is 9. The van der Waals surface area contributed by atoms with E-state index in [0.29, 0.717) is 30.8 Å². The summed E-state index contributed by atoms with van der Waals surface area (Å²) in [5, 5.41) is 3.61. The third-order valence-electron chi connectivity index (χ3n) is 5.53. The predicted molar refractivity (Wildman–Crippen MR) is 133 cm³/mol. The number of halogens is 1. The van der Waals surface area contributed by atoms with Crippen LogP contribution in [0.4, 0.5) is 0 Å². The number of hydrogen-bond donors (Lipinski definition) is 1. The van der Waals surface area contributed by atoms with Crippen molar-refractivity contribution < 1.29 is 9.59 Å². The Hall–Kier alpha value is -2.33. The van der Waals surface area contributed by atoms with Gasteiger partial charge in [-0.1, -0.05) is 75.7 Å². The lowest BCUT2D eigenvalue weighted by Gasteiger charge is -2.31. The summed E-state index contributed by atoms with van der Waals surface area (Å²) in [6.45, 7) is 12.7. The van der Waals surface area contributed by atoms with Gasteiger partial charge in [-0.25, -0.2) is 0 Å². The summed E-state index contributed by atoms with van der Waals surface area (Å²) in [7, 11) is 0. The minimum Gasteiger partial charge on any atom is -0.352 e. The number of carbonyl (C=O) groups excluding carboxylic acids is 2. The molecule has 5 heteroatoms. The standard InChI is InChI=1S/C27H37ClN2O2/c1-7-24(26(32)29-19(2)3)30(18-21-10-15-23(28)16-11-21)25(31)17-12-20-8-13-22(14-9-20)27(4,5)6/h8-11,13-16,19,24H,7,12,17-18H2,1-6H3,(H,29,32)/t24-/m0/s1. The smallest absolute Gasteiger partial charge is 0.243 e. The van der Waals surface area contributed by atoms with Gasteiger partial charge in [-0.3, -0.25) is 9.59 Å². The molecule has 0 radical (unpaired) electrons. The molecule has 0 aromatic heterocycles. The van der Waals surface area contributed by atoms with Crippen LogP contribution >= 0.6 is 11.6 Å². The largest absolute Gasteiger partial charge is 0.352 e. The molecule has 0 saturated carbocycles. The van der Waals surface area contributed by atoms with Gasteiger partial charge in [0.15, 0.2) is 0 Å². The molecule has 0 aliphatic rings. The van der Waals surface area contributed by atoms with Crippen LogP contribution in [0.15, 0.2) is 48.5 Å². The van der Waals surface area contributed by atoms with Crippen molar-refractivity contribution in [1.82, 2.24) is 10.2 Å². The molecule has 0 bridgehead atoms. The maximum Gasteiger partial charge on any atom is 0.243 e. The van der Waals surface area contributed by atoms with Crippen molar-refractivity contribution in [2.75, 3.05) is 0 Å². The molecule has 0 spiro atoms. The topological polar surface area (TPSA) is 49.4 Å². The Morgan fingerprint density at radius 3 is 2.03 bits per heavy atom. The summed E-state index contributed by atoms with van der Waals surface area (Å²) in [4.78, 5) is 27.9. The Bertz CT molecular complexity index is 883. The van der Waals surface area contributed by atoms with Crippen LogP contribution in [0.5, 0.6) is 0 Å². The zero-order valence-electron chi connectivity index (χ0n) is 20.2. The fourth-order valence-electron chi connectivity index (χ4n) is 3.65. The second-order valence-electron chi connectivity index (χ2n) is 9.68.